The van der Waals surface area contributed by atoms with Crippen molar-refractivity contribution in [3.8, 4) is 11.4 Å². The first-order valence-electron chi connectivity index (χ1n) is 6.82. The molecule has 0 radical (unpaired) electrons. The van der Waals surface area contributed by atoms with Gasteiger partial charge in [0.2, 0.25) is 0 Å². The number of nitrogens with zero attached hydrogens (tertiary/aromatic N) is 4. The van der Waals surface area contributed by atoms with Crippen LogP contribution in [0.3, 0.4) is 0 Å². The summed E-state index contributed by atoms with van der Waals surface area (Å²) >= 11 is 0. The largest absolute Gasteiger partial charge is 0.332 e. The topological polar surface area (TPSA) is 55.6 Å². The molecule has 0 saturated carbocycles. The zero-order valence-corrected chi connectivity index (χ0v) is 11.2. The standard InChI is InChI=1S/C14H19N5/c1-19-10-16-9-13(19)14-12(17-6-7-18-14)8-11-2-4-15-5-3-11/h6-7,9-11,15H,2-5,8H2,1H3. The van der Waals surface area contributed by atoms with Gasteiger partial charge in [-0.05, 0) is 38.3 Å². The molecular formula is C14H19N5. The van der Waals surface area contributed by atoms with Gasteiger partial charge in [0.05, 0.1) is 23.9 Å². The van der Waals surface area contributed by atoms with Gasteiger partial charge >= 0.3 is 0 Å². The molecule has 1 fully saturated rings. The van der Waals surface area contributed by atoms with E-state index in [-0.39, 0.29) is 0 Å². The maximum atomic E-state index is 4.55. The zero-order chi connectivity index (χ0) is 13.1. The molecule has 3 heterocycles. The van der Waals surface area contributed by atoms with Crippen molar-refractivity contribution in [3.63, 3.8) is 0 Å². The smallest absolute Gasteiger partial charge is 0.110 e. The molecule has 2 aromatic rings. The lowest BCUT2D eigenvalue weighted by Gasteiger charge is -2.22. The number of piperidine rings is 1. The van der Waals surface area contributed by atoms with Gasteiger partial charge in [0.25, 0.3) is 0 Å². The SMILES string of the molecule is Cn1cncc1-c1nccnc1CC1CCNCC1. The lowest BCUT2D eigenvalue weighted by Crippen LogP contribution is -2.29. The summed E-state index contributed by atoms with van der Waals surface area (Å²) in [4.78, 5) is 13.2. The average molecular weight is 257 g/mol. The Balaban J connectivity index is 1.87. The second-order valence-corrected chi connectivity index (χ2v) is 5.14. The van der Waals surface area contributed by atoms with E-state index in [4.69, 9.17) is 0 Å². The van der Waals surface area contributed by atoms with Gasteiger partial charge in [-0.15, -0.1) is 0 Å². The summed E-state index contributed by atoms with van der Waals surface area (Å²) in [5.41, 5.74) is 3.11. The van der Waals surface area contributed by atoms with Crippen LogP contribution in [0.1, 0.15) is 18.5 Å². The molecule has 0 aliphatic carbocycles. The first-order chi connectivity index (χ1) is 9.34. The van der Waals surface area contributed by atoms with Crippen LogP contribution in [0.2, 0.25) is 0 Å². The molecule has 1 aliphatic heterocycles. The maximum Gasteiger partial charge on any atom is 0.110 e. The predicted molar refractivity (Wildman–Crippen MR) is 73.5 cm³/mol. The molecule has 0 spiro atoms. The summed E-state index contributed by atoms with van der Waals surface area (Å²) in [6.07, 6.45) is 10.7. The van der Waals surface area contributed by atoms with Crippen LogP contribution in [0, 0.1) is 5.92 Å². The van der Waals surface area contributed by atoms with Crippen LogP contribution in [0.25, 0.3) is 11.4 Å². The highest BCUT2D eigenvalue weighted by Crippen LogP contribution is 2.24. The van der Waals surface area contributed by atoms with Crippen molar-refractivity contribution in [1.29, 1.82) is 0 Å². The summed E-state index contributed by atoms with van der Waals surface area (Å²) in [5.74, 6) is 0.713. The van der Waals surface area contributed by atoms with Crippen molar-refractivity contribution in [2.75, 3.05) is 13.1 Å². The molecule has 0 unspecified atom stereocenters. The molecule has 3 rings (SSSR count). The van der Waals surface area contributed by atoms with Crippen LogP contribution in [0.5, 0.6) is 0 Å². The van der Waals surface area contributed by atoms with Crippen molar-refractivity contribution < 1.29 is 0 Å². The van der Waals surface area contributed by atoms with Crippen LogP contribution in [0.15, 0.2) is 24.9 Å². The van der Waals surface area contributed by atoms with Crippen molar-refractivity contribution in [2.24, 2.45) is 13.0 Å². The molecule has 5 heteroatoms. The fourth-order valence-corrected chi connectivity index (χ4v) is 2.67. The van der Waals surface area contributed by atoms with Crippen molar-refractivity contribution in [2.45, 2.75) is 19.3 Å². The van der Waals surface area contributed by atoms with Crippen molar-refractivity contribution in [3.05, 3.63) is 30.6 Å². The Morgan fingerprint density at radius 3 is 2.79 bits per heavy atom. The number of aromatic nitrogens is 4. The summed E-state index contributed by atoms with van der Waals surface area (Å²) in [6, 6.07) is 0. The first kappa shape index (κ1) is 12.3. The second-order valence-electron chi connectivity index (χ2n) is 5.14. The van der Waals surface area contributed by atoms with E-state index in [2.05, 4.69) is 20.3 Å². The summed E-state index contributed by atoms with van der Waals surface area (Å²) in [5, 5.41) is 3.40. The Morgan fingerprint density at radius 1 is 1.26 bits per heavy atom. The normalized spacial score (nSPS) is 16.7. The number of aryl methyl sites for hydroxylation is 1. The zero-order valence-electron chi connectivity index (χ0n) is 11.2. The Kier molecular flexibility index (Phi) is 3.55. The summed E-state index contributed by atoms with van der Waals surface area (Å²) in [7, 11) is 1.99. The lowest BCUT2D eigenvalue weighted by molar-refractivity contribution is 0.370. The Bertz CT molecular complexity index is 542. The van der Waals surface area contributed by atoms with E-state index in [1.54, 1.807) is 18.7 Å². The number of nitrogens with one attached hydrogen (secondary N) is 1. The third kappa shape index (κ3) is 2.66. The molecule has 0 atom stereocenters. The van der Waals surface area contributed by atoms with Gasteiger partial charge in [-0.2, -0.15) is 0 Å². The number of hydrogen-bond donors (Lipinski definition) is 1. The minimum Gasteiger partial charge on any atom is -0.332 e. The molecule has 1 N–H and O–H groups in total. The Morgan fingerprint density at radius 2 is 2.05 bits per heavy atom. The van der Waals surface area contributed by atoms with E-state index >= 15 is 0 Å². The van der Waals surface area contributed by atoms with Gasteiger partial charge in [0.1, 0.15) is 5.69 Å². The molecule has 1 saturated heterocycles. The average Bonchev–Trinajstić information content (AvgIpc) is 2.87. The van der Waals surface area contributed by atoms with Gasteiger partial charge in [0.15, 0.2) is 0 Å². The van der Waals surface area contributed by atoms with E-state index < -0.39 is 0 Å². The van der Waals surface area contributed by atoms with Crippen molar-refractivity contribution >= 4 is 0 Å². The fraction of sp³-hybridized carbons (Fsp3) is 0.500. The van der Waals surface area contributed by atoms with Crippen LogP contribution in [0.4, 0.5) is 0 Å². The summed E-state index contributed by atoms with van der Waals surface area (Å²) < 4.78 is 2.00. The molecular weight excluding hydrogens is 238 g/mol. The minimum atomic E-state index is 0.713. The van der Waals surface area contributed by atoms with Crippen LogP contribution < -0.4 is 5.32 Å². The molecule has 5 nitrogen and oxygen atoms in total. The van der Waals surface area contributed by atoms with E-state index in [0.717, 1.165) is 36.6 Å². The third-order valence-corrected chi connectivity index (χ3v) is 3.77. The number of rotatable bonds is 3. The Labute approximate surface area is 113 Å². The molecule has 0 aromatic carbocycles. The van der Waals surface area contributed by atoms with E-state index in [1.165, 1.54) is 12.8 Å². The number of imidazole rings is 1. The van der Waals surface area contributed by atoms with Gasteiger partial charge in [-0.25, -0.2) is 4.98 Å². The molecule has 0 amide bonds. The third-order valence-electron chi connectivity index (χ3n) is 3.77. The Hall–Kier alpha value is -1.75. The fourth-order valence-electron chi connectivity index (χ4n) is 2.67. The molecule has 1 aliphatic rings. The highest BCUT2D eigenvalue weighted by atomic mass is 15.0. The van der Waals surface area contributed by atoms with Gasteiger partial charge in [-0.3, -0.25) is 9.97 Å². The van der Waals surface area contributed by atoms with Crippen LogP contribution >= 0.6 is 0 Å². The second kappa shape index (κ2) is 5.48. The van der Waals surface area contributed by atoms with Crippen molar-refractivity contribution in [1.82, 2.24) is 24.8 Å². The molecule has 19 heavy (non-hydrogen) atoms. The van der Waals surface area contributed by atoms with E-state index in [1.807, 2.05) is 17.8 Å². The van der Waals surface area contributed by atoms with Gasteiger partial charge in [-0.1, -0.05) is 0 Å². The molecule has 0 bridgehead atoms. The van der Waals surface area contributed by atoms with Gasteiger partial charge < -0.3 is 9.88 Å². The van der Waals surface area contributed by atoms with Crippen LogP contribution in [-0.4, -0.2) is 32.6 Å². The van der Waals surface area contributed by atoms with Crippen LogP contribution in [-0.2, 0) is 13.5 Å². The lowest BCUT2D eigenvalue weighted by atomic mass is 9.92. The first-order valence-corrected chi connectivity index (χ1v) is 6.82. The summed E-state index contributed by atoms with van der Waals surface area (Å²) in [6.45, 7) is 2.23. The van der Waals surface area contributed by atoms with E-state index in [0.29, 0.717) is 5.92 Å². The number of hydrogen-bond acceptors (Lipinski definition) is 4. The highest BCUT2D eigenvalue weighted by molar-refractivity contribution is 5.56. The minimum absolute atomic E-state index is 0.713. The molecule has 100 valence electrons. The van der Waals surface area contributed by atoms with Gasteiger partial charge in [0, 0.05) is 19.4 Å². The quantitative estimate of drug-likeness (QED) is 0.903. The molecule has 2 aromatic heterocycles. The van der Waals surface area contributed by atoms with E-state index in [9.17, 15) is 0 Å². The maximum absolute atomic E-state index is 4.55. The predicted octanol–water partition coefficient (Wildman–Crippen LogP) is 1.42. The monoisotopic (exact) mass is 257 g/mol. The highest BCUT2D eigenvalue weighted by Gasteiger charge is 2.18.